The minimum absolute atomic E-state index is 0.0794. The van der Waals surface area contributed by atoms with Crippen LogP contribution in [0.3, 0.4) is 0 Å². The van der Waals surface area contributed by atoms with Gasteiger partial charge in [-0.05, 0) is 46.7 Å². The van der Waals surface area contributed by atoms with Crippen molar-refractivity contribution in [2.24, 2.45) is 5.73 Å². The normalized spacial score (nSPS) is 12.7. The molecule has 1 aromatic heterocycles. The van der Waals surface area contributed by atoms with Gasteiger partial charge in [-0.15, -0.1) is 11.3 Å². The van der Waals surface area contributed by atoms with E-state index in [1.54, 1.807) is 11.3 Å². The minimum Gasteiger partial charge on any atom is -0.324 e. The van der Waals surface area contributed by atoms with E-state index in [0.29, 0.717) is 0 Å². The summed E-state index contributed by atoms with van der Waals surface area (Å²) in [5, 5.41) is 4.77. The summed E-state index contributed by atoms with van der Waals surface area (Å²) in [6.07, 6.45) is 0.886. The molecular formula is C17H17NS. The van der Waals surface area contributed by atoms with Gasteiger partial charge in [0.05, 0.1) is 0 Å². The van der Waals surface area contributed by atoms with Crippen LogP contribution in [0.2, 0.25) is 0 Å². The first-order valence-corrected chi connectivity index (χ1v) is 7.39. The SMILES string of the molecule is Cc1cc(C(N)Cc2cccc3ccccc23)cs1. The van der Waals surface area contributed by atoms with Crippen LogP contribution in [0.1, 0.15) is 22.0 Å². The molecule has 2 heteroatoms. The second kappa shape index (κ2) is 5.16. The summed E-state index contributed by atoms with van der Waals surface area (Å²) in [6.45, 7) is 2.12. The summed E-state index contributed by atoms with van der Waals surface area (Å²) >= 11 is 1.77. The maximum absolute atomic E-state index is 6.34. The molecule has 2 N–H and O–H groups in total. The molecule has 0 aliphatic rings. The Morgan fingerprint density at radius 1 is 1.11 bits per heavy atom. The zero-order valence-electron chi connectivity index (χ0n) is 11.0. The van der Waals surface area contributed by atoms with Crippen LogP contribution >= 0.6 is 11.3 Å². The number of hydrogen-bond acceptors (Lipinski definition) is 2. The van der Waals surface area contributed by atoms with E-state index in [1.165, 1.54) is 26.8 Å². The monoisotopic (exact) mass is 267 g/mol. The first kappa shape index (κ1) is 12.4. The van der Waals surface area contributed by atoms with E-state index in [1.807, 2.05) is 0 Å². The van der Waals surface area contributed by atoms with Crippen LogP contribution in [0.5, 0.6) is 0 Å². The predicted octanol–water partition coefficient (Wildman–Crippen LogP) is 4.45. The maximum Gasteiger partial charge on any atom is 0.0344 e. The molecule has 1 heterocycles. The lowest BCUT2D eigenvalue weighted by Gasteiger charge is -2.12. The van der Waals surface area contributed by atoms with Crippen molar-refractivity contribution in [3.8, 4) is 0 Å². The van der Waals surface area contributed by atoms with Gasteiger partial charge >= 0.3 is 0 Å². The van der Waals surface area contributed by atoms with Crippen molar-refractivity contribution in [3.05, 3.63) is 69.9 Å². The van der Waals surface area contributed by atoms with Crippen LogP contribution in [0.15, 0.2) is 53.9 Å². The molecule has 1 nitrogen and oxygen atoms in total. The fourth-order valence-electron chi connectivity index (χ4n) is 2.48. The van der Waals surface area contributed by atoms with Gasteiger partial charge in [0.1, 0.15) is 0 Å². The van der Waals surface area contributed by atoms with Gasteiger partial charge < -0.3 is 5.73 Å². The standard InChI is InChI=1S/C17H17NS/c1-12-9-15(11-19-12)17(18)10-14-7-4-6-13-5-2-3-8-16(13)14/h2-9,11,17H,10,18H2,1H3. The van der Waals surface area contributed by atoms with Crippen LogP contribution in [-0.2, 0) is 6.42 Å². The summed E-state index contributed by atoms with van der Waals surface area (Å²) in [7, 11) is 0. The average molecular weight is 267 g/mol. The van der Waals surface area contributed by atoms with Gasteiger partial charge in [0, 0.05) is 10.9 Å². The molecule has 0 bridgehead atoms. The van der Waals surface area contributed by atoms with Crippen molar-refractivity contribution in [1.82, 2.24) is 0 Å². The van der Waals surface area contributed by atoms with E-state index < -0.39 is 0 Å². The molecule has 0 aliphatic heterocycles. The summed E-state index contributed by atoms with van der Waals surface area (Å²) in [6, 6.07) is 17.2. The number of aryl methyl sites for hydroxylation is 1. The van der Waals surface area contributed by atoms with Crippen LogP contribution in [0.4, 0.5) is 0 Å². The van der Waals surface area contributed by atoms with Crippen molar-refractivity contribution in [1.29, 1.82) is 0 Å². The lowest BCUT2D eigenvalue weighted by molar-refractivity contribution is 0.728. The van der Waals surface area contributed by atoms with E-state index in [9.17, 15) is 0 Å². The lowest BCUT2D eigenvalue weighted by Crippen LogP contribution is -2.12. The Morgan fingerprint density at radius 2 is 1.89 bits per heavy atom. The fraction of sp³-hybridized carbons (Fsp3) is 0.176. The Balaban J connectivity index is 1.93. The highest BCUT2D eigenvalue weighted by molar-refractivity contribution is 7.10. The number of rotatable bonds is 3. The van der Waals surface area contributed by atoms with Crippen LogP contribution in [0.25, 0.3) is 10.8 Å². The summed E-state index contributed by atoms with van der Waals surface area (Å²) < 4.78 is 0. The molecule has 0 aliphatic carbocycles. The molecular weight excluding hydrogens is 250 g/mol. The molecule has 0 fully saturated rings. The van der Waals surface area contributed by atoms with Gasteiger partial charge in [0.15, 0.2) is 0 Å². The Labute approximate surface area is 117 Å². The molecule has 0 radical (unpaired) electrons. The number of benzene rings is 2. The smallest absolute Gasteiger partial charge is 0.0344 e. The summed E-state index contributed by atoms with van der Waals surface area (Å²) in [5.74, 6) is 0. The second-order valence-corrected chi connectivity index (χ2v) is 6.05. The molecule has 0 saturated carbocycles. The molecule has 0 amide bonds. The van der Waals surface area contributed by atoms with Gasteiger partial charge in [0.25, 0.3) is 0 Å². The van der Waals surface area contributed by atoms with Gasteiger partial charge in [-0.25, -0.2) is 0 Å². The number of thiophene rings is 1. The Hall–Kier alpha value is -1.64. The van der Waals surface area contributed by atoms with E-state index in [2.05, 4.69) is 60.8 Å². The molecule has 0 saturated heterocycles. The van der Waals surface area contributed by atoms with E-state index >= 15 is 0 Å². The summed E-state index contributed by atoms with van der Waals surface area (Å²) in [4.78, 5) is 1.32. The van der Waals surface area contributed by atoms with E-state index in [-0.39, 0.29) is 6.04 Å². The van der Waals surface area contributed by atoms with Gasteiger partial charge in [-0.2, -0.15) is 0 Å². The van der Waals surface area contributed by atoms with Crippen molar-refractivity contribution in [3.63, 3.8) is 0 Å². The van der Waals surface area contributed by atoms with Crippen molar-refractivity contribution in [2.45, 2.75) is 19.4 Å². The molecule has 1 unspecified atom stereocenters. The maximum atomic E-state index is 6.34. The molecule has 2 aromatic carbocycles. The average Bonchev–Trinajstić information content (AvgIpc) is 2.86. The first-order chi connectivity index (χ1) is 9.24. The first-order valence-electron chi connectivity index (χ1n) is 6.51. The van der Waals surface area contributed by atoms with Crippen molar-refractivity contribution >= 4 is 22.1 Å². The minimum atomic E-state index is 0.0794. The molecule has 3 aromatic rings. The van der Waals surface area contributed by atoms with Gasteiger partial charge in [0.2, 0.25) is 0 Å². The fourth-order valence-corrected chi connectivity index (χ4v) is 3.25. The zero-order valence-corrected chi connectivity index (χ0v) is 11.8. The summed E-state index contributed by atoms with van der Waals surface area (Å²) in [5.41, 5.74) is 8.91. The molecule has 19 heavy (non-hydrogen) atoms. The molecule has 3 rings (SSSR count). The highest BCUT2D eigenvalue weighted by Crippen LogP contribution is 2.25. The van der Waals surface area contributed by atoms with Crippen molar-refractivity contribution < 1.29 is 0 Å². The molecule has 96 valence electrons. The second-order valence-electron chi connectivity index (χ2n) is 4.94. The van der Waals surface area contributed by atoms with Gasteiger partial charge in [-0.1, -0.05) is 42.5 Å². The third-order valence-corrected chi connectivity index (χ3v) is 4.38. The number of hydrogen-bond donors (Lipinski definition) is 1. The zero-order chi connectivity index (χ0) is 13.2. The van der Waals surface area contributed by atoms with Crippen LogP contribution in [0, 0.1) is 6.92 Å². The quantitative estimate of drug-likeness (QED) is 0.745. The van der Waals surface area contributed by atoms with Crippen LogP contribution in [-0.4, -0.2) is 0 Å². The molecule has 1 atom stereocenters. The van der Waals surface area contributed by atoms with E-state index in [4.69, 9.17) is 5.73 Å². The molecule has 0 spiro atoms. The van der Waals surface area contributed by atoms with E-state index in [0.717, 1.165) is 6.42 Å². The Bertz CT molecular complexity index is 694. The highest BCUT2D eigenvalue weighted by atomic mass is 32.1. The van der Waals surface area contributed by atoms with Gasteiger partial charge in [-0.3, -0.25) is 0 Å². The largest absolute Gasteiger partial charge is 0.324 e. The lowest BCUT2D eigenvalue weighted by atomic mass is 9.97. The van der Waals surface area contributed by atoms with Crippen LogP contribution < -0.4 is 5.73 Å². The van der Waals surface area contributed by atoms with Crippen molar-refractivity contribution in [2.75, 3.05) is 0 Å². The third kappa shape index (κ3) is 2.55. The number of nitrogens with two attached hydrogens (primary N) is 1. The Kier molecular flexibility index (Phi) is 3.36. The Morgan fingerprint density at radius 3 is 2.68 bits per heavy atom. The predicted molar refractivity (Wildman–Crippen MR) is 83.6 cm³/mol. The third-order valence-electron chi connectivity index (χ3n) is 3.50. The highest BCUT2D eigenvalue weighted by Gasteiger charge is 2.10. The topological polar surface area (TPSA) is 26.0 Å². The number of fused-ring (bicyclic) bond motifs is 1.